The third-order valence-electron chi connectivity index (χ3n) is 4.39. The number of para-hydroxylation sites is 2. The maximum absolute atomic E-state index is 12.5. The summed E-state index contributed by atoms with van der Waals surface area (Å²) in [7, 11) is 0. The molecule has 1 atom stereocenters. The molecular weight excluding hydrogens is 320 g/mol. The van der Waals surface area contributed by atoms with Gasteiger partial charge >= 0.3 is 0 Å². The van der Waals surface area contributed by atoms with E-state index in [0.29, 0.717) is 17.3 Å². The summed E-state index contributed by atoms with van der Waals surface area (Å²) in [5.74, 6) is 2.27. The minimum absolute atomic E-state index is 0.174. The SMILES string of the molecule is O=C(Nc1cc(N2CCCCC2)ncn1)C1COc2ccccc2O1. The molecule has 0 bridgehead atoms. The monoisotopic (exact) mass is 340 g/mol. The van der Waals surface area contributed by atoms with Gasteiger partial charge in [-0.2, -0.15) is 0 Å². The van der Waals surface area contributed by atoms with Crippen molar-refractivity contribution in [1.29, 1.82) is 0 Å². The molecule has 1 aromatic carbocycles. The van der Waals surface area contributed by atoms with Crippen LogP contribution in [0.1, 0.15) is 19.3 Å². The average molecular weight is 340 g/mol. The highest BCUT2D eigenvalue weighted by atomic mass is 16.6. The van der Waals surface area contributed by atoms with Crippen molar-refractivity contribution in [1.82, 2.24) is 9.97 Å². The molecule has 2 aromatic rings. The fourth-order valence-corrected chi connectivity index (χ4v) is 3.07. The Morgan fingerprint density at radius 2 is 1.92 bits per heavy atom. The highest BCUT2D eigenvalue weighted by Gasteiger charge is 2.27. The molecule has 1 saturated heterocycles. The van der Waals surface area contributed by atoms with Gasteiger partial charge in [-0.15, -0.1) is 0 Å². The van der Waals surface area contributed by atoms with Gasteiger partial charge in [-0.3, -0.25) is 4.79 Å². The van der Waals surface area contributed by atoms with Crippen molar-refractivity contribution in [3.63, 3.8) is 0 Å². The van der Waals surface area contributed by atoms with Crippen molar-refractivity contribution >= 4 is 17.5 Å². The van der Waals surface area contributed by atoms with Gasteiger partial charge in [-0.25, -0.2) is 9.97 Å². The quantitative estimate of drug-likeness (QED) is 0.923. The number of benzene rings is 1. The summed E-state index contributed by atoms with van der Waals surface area (Å²) in [5.41, 5.74) is 0. The van der Waals surface area contributed by atoms with Crippen LogP contribution in [0.5, 0.6) is 11.5 Å². The van der Waals surface area contributed by atoms with E-state index in [1.54, 1.807) is 12.1 Å². The molecule has 1 N–H and O–H groups in total. The molecule has 25 heavy (non-hydrogen) atoms. The van der Waals surface area contributed by atoms with Gasteiger partial charge in [0.25, 0.3) is 5.91 Å². The molecule has 2 aliphatic heterocycles. The fraction of sp³-hybridized carbons (Fsp3) is 0.389. The lowest BCUT2D eigenvalue weighted by Gasteiger charge is -2.28. The summed E-state index contributed by atoms with van der Waals surface area (Å²) in [6.07, 6.45) is 4.36. The number of piperidine rings is 1. The van der Waals surface area contributed by atoms with Gasteiger partial charge in [0.2, 0.25) is 6.10 Å². The number of amides is 1. The molecule has 0 radical (unpaired) electrons. The van der Waals surface area contributed by atoms with E-state index >= 15 is 0 Å². The molecule has 1 unspecified atom stereocenters. The number of nitrogens with zero attached hydrogens (tertiary/aromatic N) is 3. The number of carbonyl (C=O) groups excluding carboxylic acids is 1. The summed E-state index contributed by atoms with van der Waals surface area (Å²) < 4.78 is 11.3. The summed E-state index contributed by atoms with van der Waals surface area (Å²) >= 11 is 0. The van der Waals surface area contributed by atoms with Crippen LogP contribution in [0.2, 0.25) is 0 Å². The number of ether oxygens (including phenoxy) is 2. The third kappa shape index (κ3) is 3.50. The van der Waals surface area contributed by atoms with Crippen molar-refractivity contribution in [3.8, 4) is 11.5 Å². The summed E-state index contributed by atoms with van der Waals surface area (Å²) in [6, 6.07) is 9.12. The van der Waals surface area contributed by atoms with Gasteiger partial charge in [0.05, 0.1) is 0 Å². The molecule has 1 fully saturated rings. The summed E-state index contributed by atoms with van der Waals surface area (Å²) in [5, 5.41) is 2.80. The minimum atomic E-state index is -0.705. The Hall–Kier alpha value is -2.83. The van der Waals surface area contributed by atoms with E-state index in [2.05, 4.69) is 20.2 Å². The Kier molecular flexibility index (Phi) is 4.37. The van der Waals surface area contributed by atoms with E-state index in [4.69, 9.17) is 9.47 Å². The Morgan fingerprint density at radius 3 is 2.76 bits per heavy atom. The van der Waals surface area contributed by atoms with E-state index in [1.165, 1.54) is 25.6 Å². The molecule has 0 aliphatic carbocycles. The lowest BCUT2D eigenvalue weighted by atomic mass is 10.1. The van der Waals surface area contributed by atoms with Gasteiger partial charge in [0.15, 0.2) is 11.5 Å². The second-order valence-corrected chi connectivity index (χ2v) is 6.16. The molecule has 7 nitrogen and oxygen atoms in total. The zero-order chi connectivity index (χ0) is 17.1. The Bertz CT molecular complexity index is 761. The van der Waals surface area contributed by atoms with Crippen molar-refractivity contribution in [2.75, 3.05) is 29.9 Å². The first-order valence-electron chi connectivity index (χ1n) is 8.56. The first kappa shape index (κ1) is 15.7. The van der Waals surface area contributed by atoms with Crippen LogP contribution in [0.4, 0.5) is 11.6 Å². The zero-order valence-corrected chi connectivity index (χ0v) is 13.9. The Balaban J connectivity index is 1.43. The molecular formula is C18H20N4O3. The molecule has 4 rings (SSSR count). The van der Waals surface area contributed by atoms with Crippen molar-refractivity contribution in [2.45, 2.75) is 25.4 Å². The van der Waals surface area contributed by atoms with E-state index < -0.39 is 6.10 Å². The van der Waals surface area contributed by atoms with Crippen LogP contribution >= 0.6 is 0 Å². The number of nitrogens with one attached hydrogen (secondary N) is 1. The largest absolute Gasteiger partial charge is 0.485 e. The standard InChI is InChI=1S/C18H20N4O3/c23-18(15-11-24-13-6-2-3-7-14(13)25-15)21-16-10-17(20-12-19-16)22-8-4-1-5-9-22/h2-3,6-7,10,12,15H,1,4-5,8-9,11H2,(H,19,20,21,23). The van der Waals surface area contributed by atoms with E-state index in [1.807, 2.05) is 18.2 Å². The minimum Gasteiger partial charge on any atom is -0.485 e. The van der Waals surface area contributed by atoms with Crippen LogP contribution in [0, 0.1) is 0 Å². The van der Waals surface area contributed by atoms with E-state index in [-0.39, 0.29) is 12.5 Å². The molecule has 1 aromatic heterocycles. The Morgan fingerprint density at radius 1 is 1.12 bits per heavy atom. The van der Waals surface area contributed by atoms with Crippen LogP contribution in [-0.4, -0.2) is 41.7 Å². The highest BCUT2D eigenvalue weighted by molar-refractivity contribution is 5.94. The molecule has 0 saturated carbocycles. The normalized spacial score (nSPS) is 19.4. The highest BCUT2D eigenvalue weighted by Crippen LogP contribution is 2.31. The maximum atomic E-state index is 12.5. The Labute approximate surface area is 146 Å². The lowest BCUT2D eigenvalue weighted by molar-refractivity contribution is -0.125. The van der Waals surface area contributed by atoms with Crippen LogP contribution in [0.25, 0.3) is 0 Å². The van der Waals surface area contributed by atoms with Crippen LogP contribution < -0.4 is 19.7 Å². The van der Waals surface area contributed by atoms with Crippen LogP contribution in [-0.2, 0) is 4.79 Å². The predicted molar refractivity (Wildman–Crippen MR) is 93.1 cm³/mol. The summed E-state index contributed by atoms with van der Waals surface area (Å²) in [6.45, 7) is 2.15. The lowest BCUT2D eigenvalue weighted by Crippen LogP contribution is -2.40. The first-order chi connectivity index (χ1) is 12.3. The molecule has 7 heteroatoms. The topological polar surface area (TPSA) is 76.6 Å². The maximum Gasteiger partial charge on any atom is 0.270 e. The number of anilines is 2. The first-order valence-corrected chi connectivity index (χ1v) is 8.56. The van der Waals surface area contributed by atoms with Gasteiger partial charge in [0, 0.05) is 19.2 Å². The van der Waals surface area contributed by atoms with Crippen molar-refractivity contribution < 1.29 is 14.3 Å². The molecule has 3 heterocycles. The molecule has 1 amide bonds. The molecule has 0 spiro atoms. The molecule has 2 aliphatic rings. The van der Waals surface area contributed by atoms with Crippen LogP contribution in [0.3, 0.4) is 0 Å². The number of rotatable bonds is 3. The average Bonchev–Trinajstić information content (AvgIpc) is 2.68. The van der Waals surface area contributed by atoms with Crippen molar-refractivity contribution in [2.24, 2.45) is 0 Å². The van der Waals surface area contributed by atoms with Gasteiger partial charge in [-0.1, -0.05) is 12.1 Å². The predicted octanol–water partition coefficient (Wildman–Crippen LogP) is 2.25. The fourth-order valence-electron chi connectivity index (χ4n) is 3.07. The zero-order valence-electron chi connectivity index (χ0n) is 13.9. The number of fused-ring (bicyclic) bond motifs is 1. The van der Waals surface area contributed by atoms with Crippen molar-refractivity contribution in [3.05, 3.63) is 36.7 Å². The van der Waals surface area contributed by atoms with Gasteiger partial charge in [0.1, 0.15) is 24.6 Å². The van der Waals surface area contributed by atoms with E-state index in [9.17, 15) is 4.79 Å². The number of aromatic nitrogens is 2. The van der Waals surface area contributed by atoms with Gasteiger partial charge < -0.3 is 19.7 Å². The van der Waals surface area contributed by atoms with Crippen LogP contribution in [0.15, 0.2) is 36.7 Å². The molecule has 130 valence electrons. The number of hydrogen-bond donors (Lipinski definition) is 1. The van der Waals surface area contributed by atoms with E-state index in [0.717, 1.165) is 18.9 Å². The summed E-state index contributed by atoms with van der Waals surface area (Å²) in [4.78, 5) is 23.2. The second kappa shape index (κ2) is 6.96. The third-order valence-corrected chi connectivity index (χ3v) is 4.39. The smallest absolute Gasteiger partial charge is 0.270 e. The second-order valence-electron chi connectivity index (χ2n) is 6.16. The number of carbonyl (C=O) groups is 1. The number of hydrogen-bond acceptors (Lipinski definition) is 6. The van der Waals surface area contributed by atoms with Gasteiger partial charge in [-0.05, 0) is 31.4 Å².